The molecule has 0 aliphatic rings. The Hall–Kier alpha value is -3.05. The van der Waals surface area contributed by atoms with E-state index < -0.39 is 0 Å². The molecule has 3 rings (SSSR count). The summed E-state index contributed by atoms with van der Waals surface area (Å²) in [4.78, 5) is 12.4. The van der Waals surface area contributed by atoms with Gasteiger partial charge in [-0.15, -0.1) is 0 Å². The highest BCUT2D eigenvalue weighted by Crippen LogP contribution is 2.37. The van der Waals surface area contributed by atoms with Gasteiger partial charge in [-0.25, -0.2) is 0 Å². The van der Waals surface area contributed by atoms with Gasteiger partial charge in [0.15, 0.2) is 11.5 Å². The lowest BCUT2D eigenvalue weighted by atomic mass is 10.1. The van der Waals surface area contributed by atoms with E-state index in [0.29, 0.717) is 18.1 Å². The van der Waals surface area contributed by atoms with Crippen LogP contribution in [0.5, 0.6) is 11.5 Å². The predicted octanol–water partition coefficient (Wildman–Crippen LogP) is 6.31. The fourth-order valence-electron chi connectivity index (χ4n) is 3.05. The molecule has 0 aliphatic carbocycles. The molecule has 0 aliphatic heterocycles. The van der Waals surface area contributed by atoms with E-state index >= 15 is 0 Å². The van der Waals surface area contributed by atoms with E-state index in [1.165, 1.54) is 6.08 Å². The predicted molar refractivity (Wildman–Crippen MR) is 125 cm³/mol. The number of hydrogen-bond acceptors (Lipinski definition) is 3. The van der Waals surface area contributed by atoms with Crippen molar-refractivity contribution in [3.05, 3.63) is 93.5 Å². The molecule has 0 fully saturated rings. The van der Waals surface area contributed by atoms with Gasteiger partial charge in [0, 0.05) is 11.8 Å². The topological polar surface area (TPSA) is 47.6 Å². The minimum atomic E-state index is -0.188. The first-order valence-corrected chi connectivity index (χ1v) is 10.4. The Morgan fingerprint density at radius 3 is 2.40 bits per heavy atom. The van der Waals surface area contributed by atoms with Crippen LogP contribution in [0.15, 0.2) is 71.2 Å². The third kappa shape index (κ3) is 5.51. The Morgan fingerprint density at radius 1 is 1.03 bits per heavy atom. The Labute approximate surface area is 185 Å². The molecule has 0 saturated heterocycles. The van der Waals surface area contributed by atoms with Gasteiger partial charge in [-0.1, -0.05) is 48.5 Å². The fraction of sp³-hybridized carbons (Fsp3) is 0.160. The van der Waals surface area contributed by atoms with Crippen LogP contribution in [0.3, 0.4) is 0 Å². The van der Waals surface area contributed by atoms with Crippen LogP contribution in [0.25, 0.3) is 6.08 Å². The van der Waals surface area contributed by atoms with Gasteiger partial charge in [0.25, 0.3) is 0 Å². The monoisotopic (exact) mass is 465 g/mol. The van der Waals surface area contributed by atoms with Gasteiger partial charge in [0.1, 0.15) is 6.61 Å². The standard InChI is InChI=1S/C25H24BrNO3/c1-17-8-7-9-18(2)24(17)27-23(28)13-12-20-14-21(26)25(22(15-20)29-3)30-16-19-10-5-4-6-11-19/h4-15H,16H2,1-3H3,(H,27,28). The minimum absolute atomic E-state index is 0.188. The van der Waals surface area contributed by atoms with Crippen LogP contribution in [0.2, 0.25) is 0 Å². The summed E-state index contributed by atoms with van der Waals surface area (Å²) in [6, 6.07) is 19.6. The number of aryl methyl sites for hydroxylation is 2. The van der Waals surface area contributed by atoms with Gasteiger partial charge in [0.2, 0.25) is 5.91 Å². The third-order valence-electron chi connectivity index (χ3n) is 4.63. The lowest BCUT2D eigenvalue weighted by Gasteiger charge is -2.14. The van der Waals surface area contributed by atoms with E-state index in [1.54, 1.807) is 13.2 Å². The molecule has 0 spiro atoms. The van der Waals surface area contributed by atoms with Gasteiger partial charge in [-0.3, -0.25) is 4.79 Å². The van der Waals surface area contributed by atoms with E-state index in [4.69, 9.17) is 9.47 Å². The molecule has 154 valence electrons. The van der Waals surface area contributed by atoms with Gasteiger partial charge in [-0.2, -0.15) is 0 Å². The largest absolute Gasteiger partial charge is 0.493 e. The zero-order valence-electron chi connectivity index (χ0n) is 17.2. The van der Waals surface area contributed by atoms with Crippen LogP contribution >= 0.6 is 15.9 Å². The van der Waals surface area contributed by atoms with Crippen LogP contribution in [0.1, 0.15) is 22.3 Å². The van der Waals surface area contributed by atoms with Crippen molar-refractivity contribution < 1.29 is 14.3 Å². The third-order valence-corrected chi connectivity index (χ3v) is 5.22. The van der Waals surface area contributed by atoms with Crippen LogP contribution < -0.4 is 14.8 Å². The fourth-order valence-corrected chi connectivity index (χ4v) is 3.63. The molecule has 0 unspecified atom stereocenters. The smallest absolute Gasteiger partial charge is 0.248 e. The maximum Gasteiger partial charge on any atom is 0.248 e. The number of benzene rings is 3. The quantitative estimate of drug-likeness (QED) is 0.416. The number of methoxy groups -OCH3 is 1. The molecule has 0 bridgehead atoms. The first-order chi connectivity index (χ1) is 14.5. The number of nitrogens with one attached hydrogen (secondary N) is 1. The summed E-state index contributed by atoms with van der Waals surface area (Å²) >= 11 is 3.55. The van der Waals surface area contributed by atoms with E-state index in [1.807, 2.05) is 74.5 Å². The Kier molecular flexibility index (Phi) is 7.31. The van der Waals surface area contributed by atoms with E-state index in [0.717, 1.165) is 32.4 Å². The number of carbonyl (C=O) groups is 1. The molecular weight excluding hydrogens is 442 g/mol. The summed E-state index contributed by atoms with van der Waals surface area (Å²) in [5, 5.41) is 2.95. The van der Waals surface area contributed by atoms with Gasteiger partial charge in [-0.05, 0) is 70.2 Å². The van der Waals surface area contributed by atoms with E-state index in [9.17, 15) is 4.79 Å². The Bertz CT molecular complexity index is 1040. The average Bonchev–Trinajstić information content (AvgIpc) is 2.74. The van der Waals surface area contributed by atoms with E-state index in [-0.39, 0.29) is 5.91 Å². The van der Waals surface area contributed by atoms with Crippen molar-refractivity contribution in [2.75, 3.05) is 12.4 Å². The van der Waals surface area contributed by atoms with Gasteiger partial charge >= 0.3 is 0 Å². The highest BCUT2D eigenvalue weighted by molar-refractivity contribution is 9.10. The summed E-state index contributed by atoms with van der Waals surface area (Å²) in [5.41, 5.74) is 4.79. The van der Waals surface area contributed by atoms with Crippen LogP contribution in [0, 0.1) is 13.8 Å². The van der Waals surface area contributed by atoms with Crippen molar-refractivity contribution in [1.82, 2.24) is 0 Å². The van der Waals surface area contributed by atoms with Crippen molar-refractivity contribution in [3.63, 3.8) is 0 Å². The highest BCUT2D eigenvalue weighted by atomic mass is 79.9. The van der Waals surface area contributed by atoms with E-state index in [2.05, 4.69) is 21.2 Å². The lowest BCUT2D eigenvalue weighted by Crippen LogP contribution is -2.10. The Balaban J connectivity index is 1.73. The van der Waals surface area contributed by atoms with Crippen LogP contribution in [-0.2, 0) is 11.4 Å². The van der Waals surface area contributed by atoms with Crippen molar-refractivity contribution in [2.45, 2.75) is 20.5 Å². The van der Waals surface area contributed by atoms with Crippen LogP contribution in [0.4, 0.5) is 5.69 Å². The molecule has 3 aromatic rings. The first kappa shape index (κ1) is 21.7. The van der Waals surface area contributed by atoms with Crippen LogP contribution in [-0.4, -0.2) is 13.0 Å². The molecule has 0 radical (unpaired) electrons. The summed E-state index contributed by atoms with van der Waals surface area (Å²) in [6.45, 7) is 4.38. The number of amides is 1. The summed E-state index contributed by atoms with van der Waals surface area (Å²) in [5.74, 6) is 1.03. The minimum Gasteiger partial charge on any atom is -0.493 e. The zero-order chi connectivity index (χ0) is 21.5. The molecule has 5 heteroatoms. The summed E-state index contributed by atoms with van der Waals surface area (Å²) in [7, 11) is 1.60. The van der Waals surface area contributed by atoms with Crippen molar-refractivity contribution in [3.8, 4) is 11.5 Å². The SMILES string of the molecule is COc1cc(C=CC(=O)Nc2c(C)cccc2C)cc(Br)c1OCc1ccccc1. The normalized spacial score (nSPS) is 10.8. The summed E-state index contributed by atoms with van der Waals surface area (Å²) < 4.78 is 12.2. The Morgan fingerprint density at radius 2 is 1.73 bits per heavy atom. The number of ether oxygens (including phenoxy) is 2. The number of anilines is 1. The molecule has 0 atom stereocenters. The van der Waals surface area contributed by atoms with Crippen molar-refractivity contribution >= 4 is 33.6 Å². The lowest BCUT2D eigenvalue weighted by molar-refractivity contribution is -0.111. The maximum absolute atomic E-state index is 12.4. The first-order valence-electron chi connectivity index (χ1n) is 9.57. The van der Waals surface area contributed by atoms with Gasteiger partial charge in [0.05, 0.1) is 11.6 Å². The molecule has 30 heavy (non-hydrogen) atoms. The zero-order valence-corrected chi connectivity index (χ0v) is 18.8. The molecule has 0 aromatic heterocycles. The number of carbonyl (C=O) groups excluding carboxylic acids is 1. The second-order valence-electron chi connectivity index (χ2n) is 6.90. The van der Waals surface area contributed by atoms with Crippen molar-refractivity contribution in [2.24, 2.45) is 0 Å². The number of para-hydroxylation sites is 1. The second-order valence-corrected chi connectivity index (χ2v) is 7.75. The maximum atomic E-state index is 12.4. The highest BCUT2D eigenvalue weighted by Gasteiger charge is 2.12. The molecule has 4 nitrogen and oxygen atoms in total. The number of hydrogen-bond donors (Lipinski definition) is 1. The van der Waals surface area contributed by atoms with Gasteiger partial charge < -0.3 is 14.8 Å². The molecule has 1 N–H and O–H groups in total. The second kappa shape index (κ2) is 10.1. The number of rotatable bonds is 7. The molecule has 0 saturated carbocycles. The summed E-state index contributed by atoms with van der Waals surface area (Å²) in [6.07, 6.45) is 3.26. The van der Waals surface area contributed by atoms with Crippen molar-refractivity contribution in [1.29, 1.82) is 0 Å². The molecular formula is C25H24BrNO3. The average molecular weight is 466 g/mol. The molecule has 0 heterocycles. The number of halogens is 1. The molecule has 1 amide bonds. The molecule has 3 aromatic carbocycles.